The van der Waals surface area contributed by atoms with Crippen molar-refractivity contribution >= 4 is 21.4 Å². The maximum absolute atomic E-state index is 13.1. The molecule has 29 heavy (non-hydrogen) atoms. The van der Waals surface area contributed by atoms with E-state index in [0.29, 0.717) is 37.3 Å². The molecule has 1 aliphatic heterocycles. The first kappa shape index (κ1) is 19.5. The van der Waals surface area contributed by atoms with Crippen LogP contribution in [0.4, 0.5) is 15.8 Å². The number of rotatable bonds is 5. The number of piperidine rings is 1. The molecule has 0 aliphatic carbocycles. The molecule has 0 spiro atoms. The molecule has 0 unspecified atom stereocenters. The summed E-state index contributed by atoms with van der Waals surface area (Å²) in [5.74, 6) is 0.519. The van der Waals surface area contributed by atoms with Crippen molar-refractivity contribution in [3.05, 3.63) is 60.7 Å². The lowest BCUT2D eigenvalue weighted by molar-refractivity contribution is 0.310. The zero-order valence-corrected chi connectivity index (χ0v) is 16.7. The highest BCUT2D eigenvalue weighted by Gasteiger charge is 2.31. The van der Waals surface area contributed by atoms with E-state index in [-0.39, 0.29) is 10.8 Å². The van der Waals surface area contributed by atoms with Gasteiger partial charge in [0, 0.05) is 31.7 Å². The topological polar surface area (TPSA) is 93.0 Å². The van der Waals surface area contributed by atoms with Crippen LogP contribution in [0.1, 0.15) is 24.6 Å². The summed E-state index contributed by atoms with van der Waals surface area (Å²) in [4.78, 5) is 3.80. The van der Waals surface area contributed by atoms with Crippen LogP contribution in [0.15, 0.2) is 53.8 Å². The van der Waals surface area contributed by atoms with Gasteiger partial charge in [-0.25, -0.2) is 13.4 Å². The van der Waals surface area contributed by atoms with Crippen molar-refractivity contribution in [2.45, 2.75) is 23.7 Å². The van der Waals surface area contributed by atoms with Crippen molar-refractivity contribution in [2.75, 3.05) is 18.4 Å². The van der Waals surface area contributed by atoms with Gasteiger partial charge in [-0.3, -0.25) is 0 Å². The predicted molar refractivity (Wildman–Crippen MR) is 106 cm³/mol. The third kappa shape index (κ3) is 4.13. The number of aryl methyl sites for hydroxylation is 1. The van der Waals surface area contributed by atoms with Crippen LogP contribution in [0.3, 0.4) is 0 Å². The van der Waals surface area contributed by atoms with E-state index >= 15 is 0 Å². The van der Waals surface area contributed by atoms with E-state index in [1.165, 1.54) is 16.6 Å². The first-order valence-electron chi connectivity index (χ1n) is 9.26. The van der Waals surface area contributed by atoms with E-state index in [2.05, 4.69) is 20.5 Å². The third-order valence-corrected chi connectivity index (χ3v) is 6.95. The van der Waals surface area contributed by atoms with E-state index in [1.54, 1.807) is 36.7 Å². The molecular weight excluding hydrogens is 395 g/mol. The van der Waals surface area contributed by atoms with Crippen molar-refractivity contribution in [1.82, 2.24) is 24.1 Å². The molecule has 8 nitrogen and oxygen atoms in total. The van der Waals surface area contributed by atoms with Crippen molar-refractivity contribution < 1.29 is 12.8 Å². The van der Waals surface area contributed by atoms with Crippen LogP contribution < -0.4 is 5.32 Å². The van der Waals surface area contributed by atoms with Gasteiger partial charge in [-0.2, -0.15) is 8.70 Å². The number of sulfonamides is 1. The number of nitrogens with zero attached hydrogens (tertiary/aromatic N) is 5. The Bertz CT molecular complexity index is 1090. The molecule has 1 N–H and O–H groups in total. The summed E-state index contributed by atoms with van der Waals surface area (Å²) in [5.41, 5.74) is 1.17. The molecule has 3 aromatic rings. The maximum atomic E-state index is 13.1. The van der Waals surface area contributed by atoms with E-state index < -0.39 is 16.0 Å². The summed E-state index contributed by atoms with van der Waals surface area (Å²) >= 11 is 0. The Labute approximate surface area is 168 Å². The first-order valence-corrected chi connectivity index (χ1v) is 10.7. The second kappa shape index (κ2) is 7.88. The molecule has 1 aliphatic rings. The van der Waals surface area contributed by atoms with Gasteiger partial charge < -0.3 is 9.88 Å². The number of aromatic nitrogens is 4. The fraction of sp³-hybridized carbons (Fsp3) is 0.316. The maximum Gasteiger partial charge on any atom is 0.243 e. The summed E-state index contributed by atoms with van der Waals surface area (Å²) in [6, 6.07) is 9.37. The summed E-state index contributed by atoms with van der Waals surface area (Å²) in [6.07, 6.45) is 4.41. The molecule has 1 aromatic carbocycles. The molecule has 3 heterocycles. The lowest BCUT2D eigenvalue weighted by Crippen LogP contribution is -2.38. The molecule has 1 fully saturated rings. The minimum Gasteiger partial charge on any atom is -0.354 e. The Hall–Kier alpha value is -2.85. The highest BCUT2D eigenvalue weighted by Crippen LogP contribution is 2.30. The molecule has 0 atom stereocenters. The number of hydrogen-bond donors (Lipinski definition) is 1. The van der Waals surface area contributed by atoms with Gasteiger partial charge in [0.1, 0.15) is 12.2 Å². The predicted octanol–water partition coefficient (Wildman–Crippen LogP) is 2.66. The molecule has 0 bridgehead atoms. The van der Waals surface area contributed by atoms with Crippen LogP contribution in [0.2, 0.25) is 0 Å². The van der Waals surface area contributed by atoms with E-state index in [0.717, 1.165) is 5.82 Å². The highest BCUT2D eigenvalue weighted by molar-refractivity contribution is 7.89. The molecule has 10 heteroatoms. The molecule has 0 radical (unpaired) electrons. The van der Waals surface area contributed by atoms with Crippen LogP contribution in [0.5, 0.6) is 0 Å². The number of benzene rings is 1. The Morgan fingerprint density at radius 3 is 2.59 bits per heavy atom. The average Bonchev–Trinajstić information content (AvgIpc) is 3.16. The quantitative estimate of drug-likeness (QED) is 0.643. The van der Waals surface area contributed by atoms with Gasteiger partial charge in [0.15, 0.2) is 0 Å². The van der Waals surface area contributed by atoms with Gasteiger partial charge >= 0.3 is 0 Å². The summed E-state index contributed by atoms with van der Waals surface area (Å²) in [7, 11) is -1.71. The fourth-order valence-electron chi connectivity index (χ4n) is 3.52. The Kier molecular flexibility index (Phi) is 5.29. The second-order valence-corrected chi connectivity index (χ2v) is 8.94. The molecule has 2 aromatic heterocycles. The molecule has 0 saturated carbocycles. The molecule has 1 saturated heterocycles. The smallest absolute Gasteiger partial charge is 0.243 e. The normalized spacial score (nSPS) is 16.1. The van der Waals surface area contributed by atoms with Crippen LogP contribution in [0.25, 0.3) is 0 Å². The summed E-state index contributed by atoms with van der Waals surface area (Å²) < 4.78 is 42.6. The monoisotopic (exact) mass is 416 g/mol. The van der Waals surface area contributed by atoms with Gasteiger partial charge in [-0.15, -0.1) is 10.2 Å². The lowest BCUT2D eigenvalue weighted by atomic mass is 9.97. The van der Waals surface area contributed by atoms with Crippen molar-refractivity contribution in [1.29, 1.82) is 0 Å². The minimum atomic E-state index is -3.61. The van der Waals surface area contributed by atoms with Crippen LogP contribution in [-0.4, -0.2) is 45.6 Å². The van der Waals surface area contributed by atoms with Gasteiger partial charge in [-0.1, -0.05) is 6.07 Å². The van der Waals surface area contributed by atoms with Gasteiger partial charge in [0.2, 0.25) is 16.0 Å². The fourth-order valence-corrected chi connectivity index (χ4v) is 5.03. The number of pyridine rings is 1. The number of hydrogen-bond acceptors (Lipinski definition) is 6. The number of halogens is 1. The third-order valence-electron chi connectivity index (χ3n) is 5.05. The summed E-state index contributed by atoms with van der Waals surface area (Å²) in [6.45, 7) is 0.860. The van der Waals surface area contributed by atoms with E-state index in [1.807, 2.05) is 11.6 Å². The minimum absolute atomic E-state index is 0.202. The van der Waals surface area contributed by atoms with Gasteiger partial charge in [-0.05, 0) is 43.2 Å². The van der Waals surface area contributed by atoms with E-state index in [4.69, 9.17) is 0 Å². The lowest BCUT2D eigenvalue weighted by Gasteiger charge is -2.30. The Balaban J connectivity index is 1.47. The Morgan fingerprint density at radius 2 is 1.93 bits per heavy atom. The zero-order chi connectivity index (χ0) is 20.4. The average molecular weight is 416 g/mol. The van der Waals surface area contributed by atoms with Crippen molar-refractivity contribution in [3.8, 4) is 0 Å². The number of anilines is 2. The molecule has 4 rings (SSSR count). The molecular formula is C19H21FN6O2S. The summed E-state index contributed by atoms with van der Waals surface area (Å²) in [5, 5.41) is 11.1. The largest absolute Gasteiger partial charge is 0.354 e. The Morgan fingerprint density at radius 1 is 1.14 bits per heavy atom. The molecule has 0 amide bonds. The van der Waals surface area contributed by atoms with Gasteiger partial charge in [0.25, 0.3) is 0 Å². The number of nitrogens with one attached hydrogen (secondary N) is 1. The standard InChI is InChI=1S/C19H21FN6O2S/c1-25-13-22-24-19(25)14-7-9-26(10-8-14)29(27,28)17-4-2-3-15(11-17)23-16-5-6-18(20)21-12-16/h2-6,11-14,23H,7-10H2,1H3. The van der Waals surface area contributed by atoms with Crippen molar-refractivity contribution in [3.63, 3.8) is 0 Å². The molecule has 152 valence electrons. The zero-order valence-electron chi connectivity index (χ0n) is 15.9. The van der Waals surface area contributed by atoms with Gasteiger partial charge in [0.05, 0.1) is 16.8 Å². The van der Waals surface area contributed by atoms with Crippen LogP contribution in [0, 0.1) is 5.95 Å². The van der Waals surface area contributed by atoms with Crippen LogP contribution in [-0.2, 0) is 17.1 Å². The van der Waals surface area contributed by atoms with E-state index in [9.17, 15) is 12.8 Å². The SMILES string of the molecule is Cn1cnnc1C1CCN(S(=O)(=O)c2cccc(Nc3ccc(F)nc3)c2)CC1. The second-order valence-electron chi connectivity index (χ2n) is 7.00. The highest BCUT2D eigenvalue weighted by atomic mass is 32.2. The van der Waals surface area contributed by atoms with Crippen LogP contribution >= 0.6 is 0 Å². The first-order chi connectivity index (χ1) is 13.9. The van der Waals surface area contributed by atoms with Crippen molar-refractivity contribution in [2.24, 2.45) is 7.05 Å².